The van der Waals surface area contributed by atoms with E-state index in [1.54, 1.807) is 0 Å². The summed E-state index contributed by atoms with van der Waals surface area (Å²) in [4.78, 5) is 0. The first-order valence-electron chi connectivity index (χ1n) is 6.44. The van der Waals surface area contributed by atoms with Gasteiger partial charge in [0.1, 0.15) is 0 Å². The molecule has 1 fully saturated rings. The molecule has 1 N–H and O–H groups in total. The molecule has 16 heavy (non-hydrogen) atoms. The Morgan fingerprint density at radius 3 is 2.62 bits per heavy atom. The first-order chi connectivity index (χ1) is 7.43. The fraction of sp³-hybridized carbons (Fsp3) is 1.00. The van der Waals surface area contributed by atoms with E-state index >= 15 is 0 Å². The highest BCUT2D eigenvalue weighted by Gasteiger charge is 2.33. The largest absolute Gasteiger partial charge is 0.393 e. The van der Waals surface area contributed by atoms with Crippen molar-refractivity contribution in [1.29, 1.82) is 0 Å². The number of aliphatic hydroxyl groups is 1. The molecule has 0 aromatic carbocycles. The van der Waals surface area contributed by atoms with E-state index in [0.717, 1.165) is 32.1 Å². The average molecular weight is 230 g/mol. The molecule has 0 aliphatic carbocycles. The molecule has 3 unspecified atom stereocenters. The van der Waals surface area contributed by atoms with Gasteiger partial charge < -0.3 is 14.6 Å². The molecular formula is C13H26O3. The van der Waals surface area contributed by atoms with Crippen molar-refractivity contribution in [2.75, 3.05) is 0 Å². The molecule has 1 heterocycles. The Kier molecular flexibility index (Phi) is 5.22. The van der Waals surface area contributed by atoms with Gasteiger partial charge in [-0.3, -0.25) is 0 Å². The van der Waals surface area contributed by atoms with Crippen LogP contribution in [0.4, 0.5) is 0 Å². The summed E-state index contributed by atoms with van der Waals surface area (Å²) in [5.74, 6) is 0. The summed E-state index contributed by atoms with van der Waals surface area (Å²) < 4.78 is 11.6. The van der Waals surface area contributed by atoms with E-state index in [0.29, 0.717) is 0 Å². The summed E-state index contributed by atoms with van der Waals surface area (Å²) in [7, 11) is 0. The van der Waals surface area contributed by atoms with Crippen molar-refractivity contribution in [1.82, 2.24) is 0 Å². The van der Waals surface area contributed by atoms with Gasteiger partial charge in [0.2, 0.25) is 0 Å². The van der Waals surface area contributed by atoms with Gasteiger partial charge in [-0.25, -0.2) is 0 Å². The molecule has 0 radical (unpaired) electrons. The molecule has 0 saturated carbocycles. The highest BCUT2D eigenvalue weighted by molar-refractivity contribution is 4.77. The minimum atomic E-state index is -0.211. The van der Waals surface area contributed by atoms with Crippen LogP contribution in [0.3, 0.4) is 0 Å². The van der Waals surface area contributed by atoms with Crippen LogP contribution in [0.2, 0.25) is 0 Å². The summed E-state index contributed by atoms with van der Waals surface area (Å²) >= 11 is 0. The lowest BCUT2D eigenvalue weighted by Crippen LogP contribution is -2.43. The predicted octanol–water partition coefficient (Wildman–Crippen LogP) is 2.86. The second-order valence-corrected chi connectivity index (χ2v) is 5.48. The second-order valence-electron chi connectivity index (χ2n) is 5.48. The van der Waals surface area contributed by atoms with E-state index < -0.39 is 0 Å². The van der Waals surface area contributed by atoms with Gasteiger partial charge in [-0.05, 0) is 33.6 Å². The van der Waals surface area contributed by atoms with E-state index in [1.165, 1.54) is 0 Å². The fourth-order valence-corrected chi connectivity index (χ4v) is 2.36. The molecule has 96 valence electrons. The highest BCUT2D eigenvalue weighted by atomic mass is 16.7. The van der Waals surface area contributed by atoms with Crippen molar-refractivity contribution in [3.63, 3.8) is 0 Å². The summed E-state index contributed by atoms with van der Waals surface area (Å²) in [6.45, 7) is 8.37. The Morgan fingerprint density at radius 2 is 2.06 bits per heavy atom. The minimum absolute atomic E-state index is 0.0992. The maximum absolute atomic E-state index is 9.66. The van der Waals surface area contributed by atoms with Crippen molar-refractivity contribution < 1.29 is 14.6 Å². The quantitative estimate of drug-likeness (QED) is 0.789. The lowest BCUT2D eigenvalue weighted by Gasteiger charge is -2.39. The van der Waals surface area contributed by atoms with Crippen LogP contribution in [-0.4, -0.2) is 29.2 Å². The van der Waals surface area contributed by atoms with E-state index in [-0.39, 0.29) is 24.1 Å². The van der Waals surface area contributed by atoms with Crippen molar-refractivity contribution in [3.05, 3.63) is 0 Å². The van der Waals surface area contributed by atoms with Gasteiger partial charge in [-0.15, -0.1) is 0 Å². The van der Waals surface area contributed by atoms with Crippen LogP contribution in [0.5, 0.6) is 0 Å². The number of rotatable bonds is 5. The third-order valence-electron chi connectivity index (χ3n) is 2.97. The van der Waals surface area contributed by atoms with Crippen LogP contribution >= 0.6 is 0 Å². The van der Waals surface area contributed by atoms with E-state index in [2.05, 4.69) is 27.7 Å². The molecule has 0 aromatic rings. The summed E-state index contributed by atoms with van der Waals surface area (Å²) in [5, 5.41) is 9.66. The maximum atomic E-state index is 9.66. The molecule has 3 heteroatoms. The second kappa shape index (κ2) is 5.99. The van der Waals surface area contributed by atoms with Crippen molar-refractivity contribution in [3.8, 4) is 0 Å². The highest BCUT2D eigenvalue weighted by Crippen LogP contribution is 2.29. The van der Waals surface area contributed by atoms with Crippen molar-refractivity contribution in [2.45, 2.75) is 83.9 Å². The van der Waals surface area contributed by atoms with Crippen LogP contribution < -0.4 is 0 Å². The monoisotopic (exact) mass is 230 g/mol. The standard InChI is InChI=1S/C13H26O3/c1-5-6-11(14)7-8-12-15-10(2)9-13(3,4)16-12/h10-12,14H,5-9H2,1-4H3. The Hall–Kier alpha value is -0.120. The van der Waals surface area contributed by atoms with Crippen LogP contribution in [0.15, 0.2) is 0 Å². The predicted molar refractivity (Wildman–Crippen MR) is 64.3 cm³/mol. The van der Waals surface area contributed by atoms with Gasteiger partial charge in [-0.1, -0.05) is 13.3 Å². The fourth-order valence-electron chi connectivity index (χ4n) is 2.36. The zero-order chi connectivity index (χ0) is 12.2. The summed E-state index contributed by atoms with van der Waals surface area (Å²) in [5.41, 5.74) is -0.0992. The SMILES string of the molecule is CCCC(O)CCC1OC(C)CC(C)(C)O1. The Morgan fingerprint density at radius 1 is 1.38 bits per heavy atom. The number of hydrogen-bond donors (Lipinski definition) is 1. The van der Waals surface area contributed by atoms with Gasteiger partial charge >= 0.3 is 0 Å². The zero-order valence-corrected chi connectivity index (χ0v) is 11.0. The van der Waals surface area contributed by atoms with E-state index in [1.807, 2.05) is 0 Å². The van der Waals surface area contributed by atoms with Crippen molar-refractivity contribution in [2.24, 2.45) is 0 Å². The zero-order valence-electron chi connectivity index (χ0n) is 11.0. The molecule has 3 nitrogen and oxygen atoms in total. The Bertz CT molecular complexity index is 203. The third-order valence-corrected chi connectivity index (χ3v) is 2.97. The average Bonchev–Trinajstić information content (AvgIpc) is 2.12. The third kappa shape index (κ3) is 4.81. The van der Waals surface area contributed by atoms with Crippen LogP contribution in [0, 0.1) is 0 Å². The van der Waals surface area contributed by atoms with E-state index in [9.17, 15) is 5.11 Å². The lowest BCUT2D eigenvalue weighted by atomic mass is 9.99. The molecule has 0 aromatic heterocycles. The molecule has 1 rings (SSSR count). The maximum Gasteiger partial charge on any atom is 0.158 e. The van der Waals surface area contributed by atoms with Gasteiger partial charge in [0, 0.05) is 12.8 Å². The van der Waals surface area contributed by atoms with E-state index in [4.69, 9.17) is 9.47 Å². The molecular weight excluding hydrogens is 204 g/mol. The van der Waals surface area contributed by atoms with Crippen LogP contribution in [0.25, 0.3) is 0 Å². The number of aliphatic hydroxyl groups excluding tert-OH is 1. The topological polar surface area (TPSA) is 38.7 Å². The molecule has 1 aliphatic heterocycles. The van der Waals surface area contributed by atoms with Gasteiger partial charge in [0.05, 0.1) is 17.8 Å². The van der Waals surface area contributed by atoms with Crippen LogP contribution in [0.1, 0.15) is 59.8 Å². The molecule has 3 atom stereocenters. The lowest BCUT2D eigenvalue weighted by molar-refractivity contribution is -0.271. The Labute approximate surface area is 99.1 Å². The molecule has 1 saturated heterocycles. The van der Waals surface area contributed by atoms with Gasteiger partial charge in [-0.2, -0.15) is 0 Å². The first kappa shape index (κ1) is 13.9. The first-order valence-corrected chi connectivity index (χ1v) is 6.44. The van der Waals surface area contributed by atoms with Gasteiger partial charge in [0.15, 0.2) is 6.29 Å². The van der Waals surface area contributed by atoms with Crippen molar-refractivity contribution >= 4 is 0 Å². The smallest absolute Gasteiger partial charge is 0.158 e. The van der Waals surface area contributed by atoms with Gasteiger partial charge in [0.25, 0.3) is 0 Å². The Balaban J connectivity index is 2.31. The molecule has 0 amide bonds. The summed E-state index contributed by atoms with van der Waals surface area (Å²) in [6, 6.07) is 0. The normalized spacial score (nSPS) is 31.3. The molecule has 1 aliphatic rings. The molecule has 0 spiro atoms. The molecule has 0 bridgehead atoms. The minimum Gasteiger partial charge on any atom is -0.393 e. The number of ether oxygens (including phenoxy) is 2. The summed E-state index contributed by atoms with van der Waals surface area (Å²) in [6.07, 6.45) is 4.26. The number of hydrogen-bond acceptors (Lipinski definition) is 3. The van der Waals surface area contributed by atoms with Crippen LogP contribution in [-0.2, 0) is 9.47 Å².